The van der Waals surface area contributed by atoms with Gasteiger partial charge in [-0.25, -0.2) is 0 Å². The first-order chi connectivity index (χ1) is 11.6. The van der Waals surface area contributed by atoms with E-state index in [2.05, 4.69) is 11.7 Å². The Balaban J connectivity index is 3.27. The van der Waals surface area contributed by atoms with Gasteiger partial charge >= 0.3 is 12.1 Å². The molecule has 0 heterocycles. The smallest absolute Gasteiger partial charge is 0.450 e. The Kier molecular flexibility index (Phi) is 7.45. The number of halogens is 3. The monoisotopic (exact) mass is 359 g/mol. The normalized spacial score (nSPS) is 13.9. The van der Waals surface area contributed by atoms with E-state index < -0.39 is 30.3 Å². The minimum Gasteiger partial charge on any atom is -0.497 e. The third-order valence-electron chi connectivity index (χ3n) is 3.88. The van der Waals surface area contributed by atoms with Crippen molar-refractivity contribution in [3.05, 3.63) is 36.2 Å². The highest BCUT2D eigenvalue weighted by Gasteiger charge is 2.47. The van der Waals surface area contributed by atoms with Gasteiger partial charge in [0.2, 0.25) is 0 Å². The minimum absolute atomic E-state index is 0.108. The number of hydrogen-bond acceptors (Lipinski definition) is 4. The Morgan fingerprint density at radius 3 is 2.36 bits per heavy atom. The molecule has 0 saturated carbocycles. The number of benzene rings is 1. The molecule has 0 radical (unpaired) electrons. The highest BCUT2D eigenvalue weighted by molar-refractivity contribution is 6.02. The Labute approximate surface area is 145 Å². The van der Waals surface area contributed by atoms with Crippen molar-refractivity contribution in [3.8, 4) is 5.75 Å². The molecule has 0 aromatic heterocycles. The molecule has 0 spiro atoms. The molecule has 0 amide bonds. The van der Waals surface area contributed by atoms with Gasteiger partial charge in [0.05, 0.1) is 13.7 Å². The number of methoxy groups -OCH3 is 1. The van der Waals surface area contributed by atoms with E-state index in [1.165, 1.54) is 14.0 Å². The molecule has 0 bridgehead atoms. The fourth-order valence-electron chi connectivity index (χ4n) is 2.43. The maximum atomic E-state index is 12.9. The van der Waals surface area contributed by atoms with E-state index in [0.29, 0.717) is 23.3 Å². The average molecular weight is 359 g/mol. The molecule has 0 aliphatic rings. The lowest BCUT2D eigenvalue weighted by atomic mass is 9.87. The van der Waals surface area contributed by atoms with Gasteiger partial charge in [-0.3, -0.25) is 9.59 Å². The van der Waals surface area contributed by atoms with E-state index >= 15 is 0 Å². The number of rotatable bonds is 8. The summed E-state index contributed by atoms with van der Waals surface area (Å²) in [6.07, 6.45) is -4.88. The fraction of sp³-hybridized carbons (Fsp3) is 0.500. The predicted octanol–water partition coefficient (Wildman–Crippen LogP) is 3.88. The lowest BCUT2D eigenvalue weighted by Gasteiger charge is -2.23. The van der Waals surface area contributed by atoms with Crippen LogP contribution in [-0.4, -0.2) is 31.6 Å². The van der Waals surface area contributed by atoms with Crippen molar-refractivity contribution in [2.45, 2.75) is 38.8 Å². The van der Waals surface area contributed by atoms with Crippen LogP contribution in [0.25, 0.3) is 0 Å². The topological polar surface area (TPSA) is 52.6 Å². The molecule has 2 atom stereocenters. The second-order valence-electron chi connectivity index (χ2n) is 5.54. The molecule has 0 aliphatic carbocycles. The molecule has 1 aromatic rings. The largest absolute Gasteiger partial charge is 0.497 e. The van der Waals surface area contributed by atoms with E-state index in [1.807, 2.05) is 6.92 Å². The highest BCUT2D eigenvalue weighted by Crippen LogP contribution is 2.31. The quantitative estimate of drug-likeness (QED) is 0.402. The molecule has 1 aromatic carbocycles. The van der Waals surface area contributed by atoms with E-state index in [9.17, 15) is 22.8 Å². The predicted molar refractivity (Wildman–Crippen MR) is 86.3 cm³/mol. The van der Waals surface area contributed by atoms with E-state index in [4.69, 9.17) is 4.74 Å². The van der Waals surface area contributed by atoms with Gasteiger partial charge in [-0.05, 0) is 31.0 Å². The molecule has 0 N–H and O–H groups in total. The number of ketones is 1. The summed E-state index contributed by atoms with van der Waals surface area (Å²) in [5, 5.41) is 0. The van der Waals surface area contributed by atoms with Crippen molar-refractivity contribution in [3.63, 3.8) is 0 Å². The second kappa shape index (κ2) is 8.87. The Bertz CT molecular complexity index is 611. The molecule has 0 fully saturated rings. The average Bonchev–Trinajstić information content (AvgIpc) is 2.57. The molecule has 0 saturated heterocycles. The zero-order chi connectivity index (χ0) is 19.2. The summed E-state index contributed by atoms with van der Waals surface area (Å²) in [6, 6.07) is 4.79. The maximum Gasteiger partial charge on any atom is 0.450 e. The summed E-state index contributed by atoms with van der Waals surface area (Å²) in [5.74, 6) is -4.91. The number of ether oxygens (including phenoxy) is 2. The van der Waals surface area contributed by atoms with Gasteiger partial charge in [0.25, 0.3) is 5.78 Å². The van der Waals surface area contributed by atoms with Crippen LogP contribution in [0.1, 0.15) is 37.3 Å². The zero-order valence-electron chi connectivity index (χ0n) is 14.5. The first kappa shape index (κ1) is 21.0. The molecule has 4 nitrogen and oxygen atoms in total. The maximum absolute atomic E-state index is 12.9. The van der Waals surface area contributed by atoms with E-state index in [-0.39, 0.29) is 12.5 Å². The number of carbonyl (C=O) groups is 2. The first-order valence-electron chi connectivity index (χ1n) is 7.93. The molecule has 140 valence electrons. The summed E-state index contributed by atoms with van der Waals surface area (Å²) < 4.78 is 48.4. The van der Waals surface area contributed by atoms with Gasteiger partial charge in [-0.15, -0.1) is 5.92 Å². The van der Waals surface area contributed by atoms with Gasteiger partial charge in [0.1, 0.15) is 11.7 Å². The van der Waals surface area contributed by atoms with Crippen LogP contribution in [0, 0.1) is 12.8 Å². The fourth-order valence-corrected chi connectivity index (χ4v) is 2.43. The number of carbonyl (C=O) groups excluding carboxylic acids is 2. The summed E-state index contributed by atoms with van der Waals surface area (Å²) in [5.41, 5.74) is 1.09. The number of hydrogen-bond donors (Lipinski definition) is 0. The van der Waals surface area contributed by atoms with Gasteiger partial charge in [0, 0.05) is 0 Å². The minimum atomic E-state index is -5.11. The molecule has 0 aliphatic heterocycles. The third-order valence-corrected chi connectivity index (χ3v) is 3.88. The van der Waals surface area contributed by atoms with Crippen LogP contribution in [-0.2, 0) is 20.7 Å². The molecule has 2 unspecified atom stereocenters. The molecule has 7 heteroatoms. The standard InChI is InChI=1S/C18H22F3O4/c1-5-11(3)14-10-13(24-4)8-7-12(14)9-15(17(23)25-6-2)16(22)18(19,20)21/h7-8,10-11,15H,3,5-6,9H2,1-2,4H3/q-1. The zero-order valence-corrected chi connectivity index (χ0v) is 14.5. The summed E-state index contributed by atoms with van der Waals surface area (Å²) in [6.45, 7) is 7.20. The molecule has 25 heavy (non-hydrogen) atoms. The Morgan fingerprint density at radius 2 is 1.88 bits per heavy atom. The van der Waals surface area contributed by atoms with Crippen LogP contribution in [0.15, 0.2) is 18.2 Å². The van der Waals surface area contributed by atoms with Crippen LogP contribution in [0.2, 0.25) is 0 Å². The Hall–Kier alpha value is -2.05. The van der Waals surface area contributed by atoms with Crippen LogP contribution >= 0.6 is 0 Å². The van der Waals surface area contributed by atoms with Crippen LogP contribution in [0.3, 0.4) is 0 Å². The SMILES string of the molecule is [CH2-]C(CC)c1cc(OC)ccc1CC(C(=O)OCC)C(=O)C(F)(F)F. The van der Waals surface area contributed by atoms with Crippen molar-refractivity contribution in [1.82, 2.24) is 0 Å². The van der Waals surface area contributed by atoms with Crippen molar-refractivity contribution in [2.75, 3.05) is 13.7 Å². The van der Waals surface area contributed by atoms with Gasteiger partial charge < -0.3 is 16.4 Å². The van der Waals surface area contributed by atoms with Gasteiger partial charge in [0.15, 0.2) is 0 Å². The van der Waals surface area contributed by atoms with Crippen molar-refractivity contribution in [2.24, 2.45) is 5.92 Å². The van der Waals surface area contributed by atoms with E-state index in [0.717, 1.165) is 0 Å². The number of esters is 1. The van der Waals surface area contributed by atoms with Crippen molar-refractivity contribution >= 4 is 11.8 Å². The highest BCUT2D eigenvalue weighted by atomic mass is 19.4. The third kappa shape index (κ3) is 5.47. The second-order valence-corrected chi connectivity index (χ2v) is 5.54. The Morgan fingerprint density at radius 1 is 1.24 bits per heavy atom. The summed E-state index contributed by atoms with van der Waals surface area (Å²) >= 11 is 0. The van der Waals surface area contributed by atoms with Gasteiger partial charge in [-0.2, -0.15) is 13.2 Å². The summed E-state index contributed by atoms with van der Waals surface area (Å²) in [7, 11) is 1.47. The molecular formula is C18H22F3O4-. The van der Waals surface area contributed by atoms with Crippen LogP contribution < -0.4 is 4.74 Å². The van der Waals surface area contributed by atoms with Crippen molar-refractivity contribution in [1.29, 1.82) is 0 Å². The van der Waals surface area contributed by atoms with Crippen LogP contribution in [0.5, 0.6) is 5.75 Å². The first-order valence-corrected chi connectivity index (χ1v) is 7.93. The van der Waals surface area contributed by atoms with Crippen molar-refractivity contribution < 1.29 is 32.2 Å². The lowest BCUT2D eigenvalue weighted by Crippen LogP contribution is -2.37. The number of Topliss-reactive ketones (excluding diaryl/α,β-unsaturated/α-hetero) is 1. The number of alkyl halides is 3. The molecular weight excluding hydrogens is 337 g/mol. The molecule has 1 rings (SSSR count). The van der Waals surface area contributed by atoms with Crippen LogP contribution in [0.4, 0.5) is 13.2 Å². The van der Waals surface area contributed by atoms with Gasteiger partial charge in [-0.1, -0.05) is 25.0 Å². The lowest BCUT2D eigenvalue weighted by molar-refractivity contribution is -0.180. The van der Waals surface area contributed by atoms with E-state index in [1.54, 1.807) is 18.2 Å². The summed E-state index contributed by atoms with van der Waals surface area (Å²) in [4.78, 5) is 23.6.